The Morgan fingerprint density at radius 1 is 1.38 bits per heavy atom. The maximum atomic E-state index is 12.6. The second kappa shape index (κ2) is 7.90. The van der Waals surface area contributed by atoms with Gasteiger partial charge in [0.2, 0.25) is 5.95 Å². The van der Waals surface area contributed by atoms with E-state index in [1.54, 1.807) is 24.2 Å². The average Bonchev–Trinajstić information content (AvgIpc) is 2.90. The molecule has 2 heterocycles. The standard InChI is InChI=1S/C17H26N6O/c1-12(2)10-13-11-14(21-17(18)20-13)16(24)23(4)8-5-6-15-19-7-9-22(15)3/h7,9,11-12H,5-6,8,10H2,1-4H3,(H2,18,20,21). The fourth-order valence-electron chi connectivity index (χ4n) is 2.56. The molecule has 2 N–H and O–H groups in total. The lowest BCUT2D eigenvalue weighted by molar-refractivity contribution is 0.0787. The van der Waals surface area contributed by atoms with Gasteiger partial charge in [0.25, 0.3) is 5.91 Å². The van der Waals surface area contributed by atoms with Crippen molar-refractivity contribution in [2.75, 3.05) is 19.3 Å². The summed E-state index contributed by atoms with van der Waals surface area (Å²) in [5, 5.41) is 0. The molecule has 0 fully saturated rings. The minimum absolute atomic E-state index is 0.131. The van der Waals surface area contributed by atoms with Crippen molar-refractivity contribution in [3.63, 3.8) is 0 Å². The van der Waals surface area contributed by atoms with E-state index in [4.69, 9.17) is 5.73 Å². The molecule has 7 nitrogen and oxygen atoms in total. The summed E-state index contributed by atoms with van der Waals surface area (Å²) in [7, 11) is 3.75. The number of hydrogen-bond donors (Lipinski definition) is 1. The van der Waals surface area contributed by atoms with Gasteiger partial charge in [-0.05, 0) is 24.8 Å². The van der Waals surface area contributed by atoms with Gasteiger partial charge in [0.05, 0.1) is 0 Å². The molecule has 130 valence electrons. The van der Waals surface area contributed by atoms with E-state index < -0.39 is 0 Å². The summed E-state index contributed by atoms with van der Waals surface area (Å²) in [6.07, 6.45) is 6.14. The summed E-state index contributed by atoms with van der Waals surface area (Å²) >= 11 is 0. The van der Waals surface area contributed by atoms with Gasteiger partial charge in [-0.1, -0.05) is 13.8 Å². The first kappa shape index (κ1) is 17.9. The van der Waals surface area contributed by atoms with Crippen LogP contribution in [0.25, 0.3) is 0 Å². The van der Waals surface area contributed by atoms with Crippen molar-refractivity contribution in [3.05, 3.63) is 35.7 Å². The zero-order chi connectivity index (χ0) is 17.7. The minimum atomic E-state index is -0.131. The number of rotatable bonds is 7. The lowest BCUT2D eigenvalue weighted by Gasteiger charge is -2.17. The van der Waals surface area contributed by atoms with Gasteiger partial charge in [-0.3, -0.25) is 4.79 Å². The van der Waals surface area contributed by atoms with E-state index in [1.807, 2.05) is 17.8 Å². The molecule has 0 aliphatic heterocycles. The second-order valence-corrected chi connectivity index (χ2v) is 6.49. The number of aromatic nitrogens is 4. The lowest BCUT2D eigenvalue weighted by Crippen LogP contribution is -2.29. The smallest absolute Gasteiger partial charge is 0.272 e. The van der Waals surface area contributed by atoms with Gasteiger partial charge in [-0.15, -0.1) is 0 Å². The van der Waals surface area contributed by atoms with Gasteiger partial charge in [-0.25, -0.2) is 15.0 Å². The van der Waals surface area contributed by atoms with Crippen LogP contribution in [0, 0.1) is 5.92 Å². The molecule has 24 heavy (non-hydrogen) atoms. The quantitative estimate of drug-likeness (QED) is 0.834. The zero-order valence-electron chi connectivity index (χ0n) is 14.9. The molecule has 0 aliphatic rings. The number of imidazole rings is 1. The molecule has 0 radical (unpaired) electrons. The third-order valence-electron chi connectivity index (χ3n) is 3.79. The first-order valence-corrected chi connectivity index (χ1v) is 8.22. The summed E-state index contributed by atoms with van der Waals surface area (Å²) in [6, 6.07) is 1.74. The summed E-state index contributed by atoms with van der Waals surface area (Å²) in [5.41, 5.74) is 6.92. The molecule has 0 aromatic carbocycles. The van der Waals surface area contributed by atoms with Crippen LogP contribution in [0.5, 0.6) is 0 Å². The predicted molar refractivity (Wildman–Crippen MR) is 93.5 cm³/mol. The molecular formula is C17H26N6O. The van der Waals surface area contributed by atoms with E-state index >= 15 is 0 Å². The number of aryl methyl sites for hydroxylation is 2. The van der Waals surface area contributed by atoms with Gasteiger partial charge in [-0.2, -0.15) is 0 Å². The minimum Gasteiger partial charge on any atom is -0.368 e. The molecular weight excluding hydrogens is 304 g/mol. The topological polar surface area (TPSA) is 89.9 Å². The molecule has 1 amide bonds. The molecule has 2 aromatic heterocycles. The Labute approximate surface area is 142 Å². The highest BCUT2D eigenvalue weighted by Gasteiger charge is 2.16. The summed E-state index contributed by atoms with van der Waals surface area (Å²) in [4.78, 5) is 26.8. The van der Waals surface area contributed by atoms with Gasteiger partial charge in [0, 0.05) is 45.1 Å². The number of hydrogen-bond acceptors (Lipinski definition) is 5. The number of nitrogen functional groups attached to an aromatic ring is 1. The fourth-order valence-corrected chi connectivity index (χ4v) is 2.56. The normalized spacial score (nSPS) is 11.0. The molecule has 0 atom stereocenters. The van der Waals surface area contributed by atoms with Gasteiger partial charge in [0.15, 0.2) is 0 Å². The SMILES string of the molecule is CC(C)Cc1cc(C(=O)N(C)CCCc2nccn2C)nc(N)n1. The van der Waals surface area contributed by atoms with Crippen LogP contribution in [0.1, 0.15) is 42.3 Å². The van der Waals surface area contributed by atoms with Crippen molar-refractivity contribution in [2.24, 2.45) is 13.0 Å². The van der Waals surface area contributed by atoms with Crippen molar-refractivity contribution in [1.29, 1.82) is 0 Å². The van der Waals surface area contributed by atoms with Crippen molar-refractivity contribution in [3.8, 4) is 0 Å². The Balaban J connectivity index is 1.97. The zero-order valence-corrected chi connectivity index (χ0v) is 14.9. The van der Waals surface area contributed by atoms with Crippen molar-refractivity contribution in [1.82, 2.24) is 24.4 Å². The number of carbonyl (C=O) groups excluding carboxylic acids is 1. The van der Waals surface area contributed by atoms with Crippen LogP contribution in [0.15, 0.2) is 18.5 Å². The average molecular weight is 330 g/mol. The third-order valence-corrected chi connectivity index (χ3v) is 3.79. The van der Waals surface area contributed by atoms with Crippen LogP contribution in [0.3, 0.4) is 0 Å². The van der Waals surface area contributed by atoms with Gasteiger partial charge < -0.3 is 15.2 Å². The monoisotopic (exact) mass is 330 g/mol. The summed E-state index contributed by atoms with van der Waals surface area (Å²) in [6.45, 7) is 4.84. The number of amides is 1. The molecule has 0 bridgehead atoms. The maximum absolute atomic E-state index is 12.6. The van der Waals surface area contributed by atoms with Gasteiger partial charge in [0.1, 0.15) is 11.5 Å². The Morgan fingerprint density at radius 2 is 2.12 bits per heavy atom. The Bertz CT molecular complexity index is 694. The van der Waals surface area contributed by atoms with Crippen LogP contribution in [0.2, 0.25) is 0 Å². The van der Waals surface area contributed by atoms with Crippen LogP contribution >= 0.6 is 0 Å². The number of nitrogens with two attached hydrogens (primary N) is 1. The van der Waals surface area contributed by atoms with E-state index in [2.05, 4.69) is 28.8 Å². The predicted octanol–water partition coefficient (Wildman–Crippen LogP) is 1.70. The van der Waals surface area contributed by atoms with E-state index in [0.29, 0.717) is 18.2 Å². The Morgan fingerprint density at radius 3 is 2.75 bits per heavy atom. The third kappa shape index (κ3) is 4.78. The van der Waals surface area contributed by atoms with E-state index in [9.17, 15) is 4.79 Å². The van der Waals surface area contributed by atoms with Crippen LogP contribution in [-0.4, -0.2) is 43.9 Å². The molecule has 0 aliphatic carbocycles. The highest BCUT2D eigenvalue weighted by Crippen LogP contribution is 2.11. The Hall–Kier alpha value is -2.44. The Kier molecular flexibility index (Phi) is 5.89. The van der Waals surface area contributed by atoms with Crippen LogP contribution < -0.4 is 5.73 Å². The molecule has 0 saturated heterocycles. The lowest BCUT2D eigenvalue weighted by atomic mass is 10.1. The van der Waals surface area contributed by atoms with Crippen LogP contribution in [0.4, 0.5) is 5.95 Å². The van der Waals surface area contributed by atoms with E-state index in [0.717, 1.165) is 30.8 Å². The van der Waals surface area contributed by atoms with Crippen molar-refractivity contribution >= 4 is 11.9 Å². The molecule has 0 spiro atoms. The summed E-state index contributed by atoms with van der Waals surface area (Å²) < 4.78 is 1.99. The van der Waals surface area contributed by atoms with Crippen LogP contribution in [-0.2, 0) is 19.9 Å². The molecule has 0 unspecified atom stereocenters. The van der Waals surface area contributed by atoms with E-state index in [-0.39, 0.29) is 11.9 Å². The highest BCUT2D eigenvalue weighted by molar-refractivity contribution is 5.92. The number of anilines is 1. The molecule has 7 heteroatoms. The number of nitrogens with zero attached hydrogens (tertiary/aromatic N) is 5. The molecule has 0 saturated carbocycles. The maximum Gasteiger partial charge on any atom is 0.272 e. The molecule has 2 rings (SSSR count). The summed E-state index contributed by atoms with van der Waals surface area (Å²) in [5.74, 6) is 1.48. The second-order valence-electron chi connectivity index (χ2n) is 6.49. The number of carbonyl (C=O) groups is 1. The molecule has 2 aromatic rings. The first-order chi connectivity index (χ1) is 11.4. The van der Waals surface area contributed by atoms with Crippen molar-refractivity contribution < 1.29 is 4.79 Å². The fraction of sp³-hybridized carbons (Fsp3) is 0.529. The van der Waals surface area contributed by atoms with Crippen molar-refractivity contribution in [2.45, 2.75) is 33.1 Å². The first-order valence-electron chi connectivity index (χ1n) is 8.22. The van der Waals surface area contributed by atoms with Gasteiger partial charge >= 0.3 is 0 Å². The highest BCUT2D eigenvalue weighted by atomic mass is 16.2. The largest absolute Gasteiger partial charge is 0.368 e. The van der Waals surface area contributed by atoms with E-state index in [1.165, 1.54) is 0 Å².